The van der Waals surface area contributed by atoms with Crippen LogP contribution >= 0.6 is 0 Å². The second-order valence-electron chi connectivity index (χ2n) is 2.07. The first-order chi connectivity index (χ1) is 4.72. The molecule has 0 fully saturated rings. The molecule has 1 unspecified atom stereocenters. The number of halogens is 2. The third-order valence-corrected chi connectivity index (χ3v) is 1.29. The standard InChI is InChI=1S/C7H8F2O/c1-10-7-3-5(8)2-6(9)4-7/h2-3,5H,4H2,1H3. The smallest absolute Gasteiger partial charge is 0.143 e. The zero-order chi connectivity index (χ0) is 7.56. The number of hydrogen-bond donors (Lipinski definition) is 0. The van der Waals surface area contributed by atoms with Gasteiger partial charge in [-0.3, -0.25) is 0 Å². The lowest BCUT2D eigenvalue weighted by molar-refractivity contribution is 0.265. The average molecular weight is 146 g/mol. The van der Waals surface area contributed by atoms with Crippen molar-refractivity contribution in [2.45, 2.75) is 12.6 Å². The summed E-state index contributed by atoms with van der Waals surface area (Å²) in [5, 5.41) is 0. The first kappa shape index (κ1) is 7.25. The molecule has 0 N–H and O–H groups in total. The summed E-state index contributed by atoms with van der Waals surface area (Å²) in [6.07, 6.45) is 0.936. The van der Waals surface area contributed by atoms with Crippen molar-refractivity contribution in [2.24, 2.45) is 0 Å². The number of alkyl halides is 1. The fourth-order valence-corrected chi connectivity index (χ4v) is 0.823. The van der Waals surface area contributed by atoms with Gasteiger partial charge >= 0.3 is 0 Å². The van der Waals surface area contributed by atoms with Gasteiger partial charge in [0.25, 0.3) is 0 Å². The molecular weight excluding hydrogens is 138 g/mol. The molecule has 0 bridgehead atoms. The minimum absolute atomic E-state index is 0.0803. The maximum Gasteiger partial charge on any atom is 0.143 e. The molecule has 1 aliphatic rings. The molecule has 0 aromatic carbocycles. The number of rotatable bonds is 1. The van der Waals surface area contributed by atoms with Crippen LogP contribution in [0.15, 0.2) is 23.7 Å². The number of allylic oxidation sites excluding steroid dienone is 3. The van der Waals surface area contributed by atoms with Gasteiger partial charge in [0.1, 0.15) is 17.8 Å². The van der Waals surface area contributed by atoms with E-state index >= 15 is 0 Å². The van der Waals surface area contributed by atoms with Gasteiger partial charge < -0.3 is 4.74 Å². The first-order valence-corrected chi connectivity index (χ1v) is 2.97. The van der Waals surface area contributed by atoms with E-state index in [1.807, 2.05) is 0 Å². The maximum atomic E-state index is 12.4. The van der Waals surface area contributed by atoms with Crippen LogP contribution in [0, 0.1) is 0 Å². The van der Waals surface area contributed by atoms with Gasteiger partial charge in [0.15, 0.2) is 0 Å². The molecule has 0 aromatic heterocycles. The number of ether oxygens (including phenoxy) is 1. The third kappa shape index (κ3) is 1.56. The van der Waals surface area contributed by atoms with E-state index in [1.54, 1.807) is 0 Å². The van der Waals surface area contributed by atoms with E-state index in [0.717, 1.165) is 6.08 Å². The molecule has 1 nitrogen and oxygen atoms in total. The Kier molecular flexibility index (Phi) is 2.04. The maximum absolute atomic E-state index is 12.4. The molecule has 0 saturated carbocycles. The van der Waals surface area contributed by atoms with Crippen LogP contribution < -0.4 is 0 Å². The fraction of sp³-hybridized carbons (Fsp3) is 0.429. The highest BCUT2D eigenvalue weighted by Gasteiger charge is 2.12. The van der Waals surface area contributed by atoms with Crippen molar-refractivity contribution in [3.8, 4) is 0 Å². The Labute approximate surface area is 58.0 Å². The van der Waals surface area contributed by atoms with Crippen molar-refractivity contribution in [2.75, 3.05) is 7.11 Å². The molecule has 0 aliphatic heterocycles. The van der Waals surface area contributed by atoms with Crippen molar-refractivity contribution in [1.29, 1.82) is 0 Å². The van der Waals surface area contributed by atoms with Gasteiger partial charge in [0, 0.05) is 0 Å². The van der Waals surface area contributed by atoms with Gasteiger partial charge in [-0.2, -0.15) is 0 Å². The summed E-state index contributed by atoms with van der Waals surface area (Å²) in [5.74, 6) is -0.112. The lowest BCUT2D eigenvalue weighted by Gasteiger charge is -2.10. The van der Waals surface area contributed by atoms with Gasteiger partial charge in [-0.1, -0.05) is 0 Å². The monoisotopic (exact) mass is 146 g/mol. The van der Waals surface area contributed by atoms with Crippen molar-refractivity contribution in [3.63, 3.8) is 0 Å². The molecule has 1 atom stereocenters. The Morgan fingerprint density at radius 3 is 2.80 bits per heavy atom. The van der Waals surface area contributed by atoms with Crippen molar-refractivity contribution in [3.05, 3.63) is 23.7 Å². The van der Waals surface area contributed by atoms with Crippen LogP contribution in [0.5, 0.6) is 0 Å². The van der Waals surface area contributed by atoms with E-state index in [0.29, 0.717) is 5.76 Å². The molecule has 0 aromatic rings. The van der Waals surface area contributed by atoms with E-state index in [-0.39, 0.29) is 6.42 Å². The molecule has 0 saturated heterocycles. The van der Waals surface area contributed by atoms with Crippen LogP contribution in [-0.2, 0) is 4.74 Å². The molecule has 3 heteroatoms. The lowest BCUT2D eigenvalue weighted by atomic mass is 10.1. The van der Waals surface area contributed by atoms with Crippen molar-refractivity contribution in [1.82, 2.24) is 0 Å². The molecule has 0 spiro atoms. The van der Waals surface area contributed by atoms with Crippen LogP contribution in [0.1, 0.15) is 6.42 Å². The number of hydrogen-bond acceptors (Lipinski definition) is 1. The Morgan fingerprint density at radius 1 is 1.60 bits per heavy atom. The summed E-state index contributed by atoms with van der Waals surface area (Å²) in [6, 6.07) is 0. The second-order valence-corrected chi connectivity index (χ2v) is 2.07. The molecule has 0 heterocycles. The van der Waals surface area contributed by atoms with Gasteiger partial charge in [0.05, 0.1) is 13.5 Å². The van der Waals surface area contributed by atoms with Crippen LogP contribution in [0.3, 0.4) is 0 Å². The largest absolute Gasteiger partial charge is 0.501 e. The van der Waals surface area contributed by atoms with Gasteiger partial charge in [0.2, 0.25) is 0 Å². The summed E-state index contributed by atoms with van der Waals surface area (Å²) in [7, 11) is 1.40. The molecule has 0 amide bonds. The molecular formula is C7H8F2O. The molecule has 10 heavy (non-hydrogen) atoms. The quantitative estimate of drug-likeness (QED) is 0.550. The van der Waals surface area contributed by atoms with E-state index in [2.05, 4.69) is 4.74 Å². The Hall–Kier alpha value is -0.860. The average Bonchev–Trinajstić information content (AvgIpc) is 1.85. The molecule has 1 rings (SSSR count). The zero-order valence-electron chi connectivity index (χ0n) is 5.60. The first-order valence-electron chi connectivity index (χ1n) is 2.97. The van der Waals surface area contributed by atoms with Crippen molar-refractivity contribution < 1.29 is 13.5 Å². The molecule has 1 aliphatic carbocycles. The molecule has 56 valence electrons. The zero-order valence-corrected chi connectivity index (χ0v) is 5.60. The predicted molar refractivity (Wildman–Crippen MR) is 33.8 cm³/mol. The van der Waals surface area contributed by atoms with Gasteiger partial charge in [-0.25, -0.2) is 8.78 Å². The lowest BCUT2D eigenvalue weighted by Crippen LogP contribution is -2.02. The van der Waals surface area contributed by atoms with Crippen LogP contribution in [0.2, 0.25) is 0 Å². The Morgan fingerprint density at radius 2 is 2.30 bits per heavy atom. The summed E-state index contributed by atoms with van der Waals surface area (Å²) in [5.41, 5.74) is 0. The van der Waals surface area contributed by atoms with Crippen LogP contribution in [0.4, 0.5) is 8.78 Å². The highest BCUT2D eigenvalue weighted by atomic mass is 19.1. The summed E-state index contributed by atoms with van der Waals surface area (Å²) in [4.78, 5) is 0. The SMILES string of the molecule is COC1=CC(F)C=C(F)C1. The van der Waals surface area contributed by atoms with Gasteiger partial charge in [-0.15, -0.1) is 0 Å². The topological polar surface area (TPSA) is 9.23 Å². The molecule has 0 radical (unpaired) electrons. The van der Waals surface area contributed by atoms with Crippen LogP contribution in [0.25, 0.3) is 0 Å². The Bertz CT molecular complexity index is 184. The highest BCUT2D eigenvalue weighted by molar-refractivity contribution is 5.18. The third-order valence-electron chi connectivity index (χ3n) is 1.29. The van der Waals surface area contributed by atoms with E-state index in [4.69, 9.17) is 0 Å². The Balaban J connectivity index is 2.65. The number of methoxy groups -OCH3 is 1. The van der Waals surface area contributed by atoms with E-state index in [9.17, 15) is 8.78 Å². The van der Waals surface area contributed by atoms with E-state index in [1.165, 1.54) is 13.2 Å². The summed E-state index contributed by atoms with van der Waals surface area (Å²) < 4.78 is 29.4. The second kappa shape index (κ2) is 2.82. The van der Waals surface area contributed by atoms with E-state index < -0.39 is 12.0 Å². The minimum atomic E-state index is -1.33. The van der Waals surface area contributed by atoms with Crippen LogP contribution in [-0.4, -0.2) is 13.3 Å². The predicted octanol–water partition coefficient (Wildman–Crippen LogP) is 2.11. The highest BCUT2D eigenvalue weighted by Crippen LogP contribution is 2.21. The van der Waals surface area contributed by atoms with Crippen molar-refractivity contribution >= 4 is 0 Å². The minimum Gasteiger partial charge on any atom is -0.501 e. The fourth-order valence-electron chi connectivity index (χ4n) is 0.823. The summed E-state index contributed by atoms with van der Waals surface area (Å²) in [6.45, 7) is 0. The van der Waals surface area contributed by atoms with Gasteiger partial charge in [-0.05, 0) is 12.2 Å². The normalized spacial score (nSPS) is 25.3. The summed E-state index contributed by atoms with van der Waals surface area (Å²) >= 11 is 0.